The first-order valence-electron chi connectivity index (χ1n) is 3.86. The summed E-state index contributed by atoms with van der Waals surface area (Å²) >= 11 is 35.3. The second kappa shape index (κ2) is 11.6. The second-order valence-corrected chi connectivity index (χ2v) is 5.91. The molecule has 0 bridgehead atoms. The van der Waals surface area contributed by atoms with Crippen LogP contribution < -0.4 is 0 Å². The van der Waals surface area contributed by atoms with E-state index < -0.39 is 37.3 Å². The molecule has 0 aliphatic heterocycles. The van der Waals surface area contributed by atoms with E-state index in [1.165, 1.54) is 0 Å². The molecule has 2 N–H and O–H groups in total. The van der Waals surface area contributed by atoms with E-state index >= 15 is 0 Å². The van der Waals surface area contributed by atoms with Crippen LogP contribution in [0, 0.1) is 15.3 Å². The van der Waals surface area contributed by atoms with E-state index in [1.807, 2.05) is 0 Å². The summed E-state index contributed by atoms with van der Waals surface area (Å²) < 4.78 is 0. The maximum Gasteiger partial charge on any atom is 0.0693 e. The van der Waals surface area contributed by atoms with E-state index in [2.05, 4.69) is 0 Å². The fourth-order valence-electron chi connectivity index (χ4n) is 1.05. The number of hydrogen-bond donors (Lipinski definition) is 0. The maximum absolute atomic E-state index is 8.25. The molecule has 18 heavy (non-hydrogen) atoms. The smallest absolute Gasteiger partial charge is 0.0693 e. The minimum atomic E-state index is -1.75. The van der Waals surface area contributed by atoms with Crippen LogP contribution in [0.4, 0.5) is 0 Å². The van der Waals surface area contributed by atoms with Crippen molar-refractivity contribution in [2.45, 2.75) is 32.3 Å². The molecule has 0 spiro atoms. The van der Waals surface area contributed by atoms with Gasteiger partial charge in [-0.2, -0.15) is 0 Å². The second-order valence-electron chi connectivity index (χ2n) is 2.89. The van der Waals surface area contributed by atoms with Crippen molar-refractivity contribution < 1.29 is 43.3 Å². The molecule has 0 aromatic carbocycles. The molecule has 1 rings (SSSR count). The number of hydrogen-bond acceptors (Lipinski definition) is 3. The zero-order chi connectivity index (χ0) is 13.0. The Morgan fingerprint density at radius 1 is 0.667 bits per heavy atom. The molecule has 0 amide bonds. The molecule has 107 valence electrons. The first-order valence-corrected chi connectivity index (χ1v) is 6.48. The van der Waals surface area contributed by atoms with Gasteiger partial charge in [-0.05, 0) is 0 Å². The summed E-state index contributed by atoms with van der Waals surface area (Å²) in [7, 11) is 0. The Morgan fingerprint density at radius 2 is 0.722 bits per heavy atom. The van der Waals surface area contributed by atoms with Gasteiger partial charge in [-0.3, -0.25) is 0 Å². The monoisotopic (exact) mass is 457 g/mol. The minimum absolute atomic E-state index is 0. The van der Waals surface area contributed by atoms with Crippen LogP contribution in [0.5, 0.6) is 0 Å². The van der Waals surface area contributed by atoms with Gasteiger partial charge in [0.1, 0.15) is 0 Å². The van der Waals surface area contributed by atoms with E-state index in [0.717, 1.165) is 0 Å². The summed E-state index contributed by atoms with van der Waals surface area (Å²) in [4.78, 5) is 8.25. The molecule has 0 saturated heterocycles. The van der Waals surface area contributed by atoms with Crippen LogP contribution in [-0.4, -0.2) is 42.8 Å². The van der Waals surface area contributed by atoms with Crippen molar-refractivity contribution in [2.24, 2.45) is 0 Å². The average Bonchev–Trinajstić information content (AvgIpc) is 2.20. The standard InChI is InChI=1S/C6H6Cl6.NO3.H2O.Y/c7-1-2(8)4(10)6(12)5(11)3(1)9;2-1(3)4;;/h1-6H;;1H2;/q;-1;;. The first kappa shape index (κ1) is 25.0. The van der Waals surface area contributed by atoms with Crippen LogP contribution in [0.3, 0.4) is 0 Å². The molecule has 0 aromatic heterocycles. The predicted molar refractivity (Wildman–Crippen MR) is 71.8 cm³/mol. The molecule has 1 fully saturated rings. The zero-order valence-corrected chi connectivity index (χ0v) is 15.9. The molecule has 5 nitrogen and oxygen atoms in total. The van der Waals surface area contributed by atoms with Gasteiger partial charge in [-0.25, -0.2) is 0 Å². The third kappa shape index (κ3) is 7.70. The van der Waals surface area contributed by atoms with E-state index in [4.69, 9.17) is 84.9 Å². The van der Waals surface area contributed by atoms with Gasteiger partial charge in [-0.15, -0.1) is 69.6 Å². The van der Waals surface area contributed by atoms with Crippen LogP contribution >= 0.6 is 69.6 Å². The van der Waals surface area contributed by atoms with Gasteiger partial charge in [-0.1, -0.05) is 0 Å². The van der Waals surface area contributed by atoms with Crippen LogP contribution in [0.2, 0.25) is 0 Å². The molecule has 0 heterocycles. The van der Waals surface area contributed by atoms with Crippen molar-refractivity contribution in [1.82, 2.24) is 0 Å². The van der Waals surface area contributed by atoms with Crippen molar-refractivity contribution in [3.63, 3.8) is 0 Å². The van der Waals surface area contributed by atoms with Gasteiger partial charge in [0.15, 0.2) is 0 Å². The largest absolute Gasteiger partial charge is 0.412 e. The van der Waals surface area contributed by atoms with Gasteiger partial charge < -0.3 is 20.8 Å². The maximum atomic E-state index is 8.25. The van der Waals surface area contributed by atoms with E-state index in [-0.39, 0.29) is 38.2 Å². The number of halogens is 6. The quantitative estimate of drug-likeness (QED) is 0.316. The molecule has 0 unspecified atom stereocenters. The van der Waals surface area contributed by atoms with E-state index in [0.29, 0.717) is 0 Å². The van der Waals surface area contributed by atoms with Gasteiger partial charge in [0.2, 0.25) is 0 Å². The summed E-state index contributed by atoms with van der Waals surface area (Å²) in [5.41, 5.74) is 0. The van der Waals surface area contributed by atoms with Crippen LogP contribution in [0.25, 0.3) is 0 Å². The fraction of sp³-hybridized carbons (Fsp3) is 1.00. The molecule has 1 aliphatic carbocycles. The minimum Gasteiger partial charge on any atom is -0.412 e. The molecule has 0 atom stereocenters. The van der Waals surface area contributed by atoms with Crippen LogP contribution in [0.1, 0.15) is 0 Å². The summed E-state index contributed by atoms with van der Waals surface area (Å²) in [5.74, 6) is 0. The molecular formula is C6H8Cl6NO4Y-. The van der Waals surface area contributed by atoms with E-state index in [1.54, 1.807) is 0 Å². The normalized spacial score (nSPS) is 38.3. The van der Waals surface area contributed by atoms with Crippen molar-refractivity contribution in [2.75, 3.05) is 0 Å². The third-order valence-electron chi connectivity index (χ3n) is 1.83. The Labute approximate surface area is 159 Å². The van der Waals surface area contributed by atoms with E-state index in [9.17, 15) is 0 Å². The summed E-state index contributed by atoms with van der Waals surface area (Å²) in [5, 5.41) is 12.1. The van der Waals surface area contributed by atoms with Crippen LogP contribution in [0.15, 0.2) is 0 Å². The number of nitrogens with zero attached hydrogens (tertiary/aromatic N) is 1. The summed E-state index contributed by atoms with van der Waals surface area (Å²) in [6.45, 7) is 0. The molecule has 0 aromatic rings. The fourth-order valence-corrected chi connectivity index (χ4v) is 3.38. The Hall–Kier alpha value is 2.00. The Morgan fingerprint density at radius 3 is 0.778 bits per heavy atom. The number of rotatable bonds is 0. The predicted octanol–water partition coefficient (Wildman–Crippen LogP) is 2.58. The van der Waals surface area contributed by atoms with Gasteiger partial charge in [0, 0.05) is 32.7 Å². The topological polar surface area (TPSA) is 97.7 Å². The SMILES string of the molecule is ClC1C(Cl)C(Cl)C(Cl)C(Cl)C1Cl.O.O=[N+]([O-])[O-].[Y]. The molecule has 1 aliphatic rings. The molecule has 12 heteroatoms. The van der Waals surface area contributed by atoms with Crippen LogP contribution in [-0.2, 0) is 32.7 Å². The van der Waals surface area contributed by atoms with Crippen molar-refractivity contribution in [1.29, 1.82) is 0 Å². The molecule has 1 radical (unpaired) electrons. The Kier molecular flexibility index (Phi) is 16.2. The third-order valence-corrected chi connectivity index (χ3v) is 5.86. The summed E-state index contributed by atoms with van der Waals surface area (Å²) in [6, 6.07) is 0. The Bertz CT molecular complexity index is 190. The average molecular weight is 460 g/mol. The molecular weight excluding hydrogens is 452 g/mol. The molecule has 1 saturated carbocycles. The zero-order valence-electron chi connectivity index (χ0n) is 8.48. The van der Waals surface area contributed by atoms with Crippen molar-refractivity contribution in [3.8, 4) is 0 Å². The first-order chi connectivity index (χ1) is 7.20. The van der Waals surface area contributed by atoms with Gasteiger partial charge in [0.25, 0.3) is 0 Å². The van der Waals surface area contributed by atoms with Crippen molar-refractivity contribution in [3.05, 3.63) is 15.3 Å². The van der Waals surface area contributed by atoms with Crippen molar-refractivity contribution >= 4 is 69.6 Å². The Balaban J connectivity index is -0.000000332. The summed E-state index contributed by atoms with van der Waals surface area (Å²) in [6.07, 6.45) is 0. The van der Waals surface area contributed by atoms with Gasteiger partial charge >= 0.3 is 0 Å². The number of alkyl halides is 6. The van der Waals surface area contributed by atoms with Gasteiger partial charge in [0.05, 0.1) is 37.3 Å².